The summed E-state index contributed by atoms with van der Waals surface area (Å²) in [5.41, 5.74) is 3.56. The number of nitrogens with zero attached hydrogens (tertiary/aromatic N) is 4. The molecule has 1 fully saturated rings. The van der Waals surface area contributed by atoms with Crippen molar-refractivity contribution in [3.8, 4) is 5.69 Å². The van der Waals surface area contributed by atoms with Gasteiger partial charge in [-0.25, -0.2) is 9.07 Å². The first kappa shape index (κ1) is 15.4. The predicted octanol–water partition coefficient (Wildman–Crippen LogP) is 2.85. The van der Waals surface area contributed by atoms with Crippen molar-refractivity contribution in [2.24, 2.45) is 5.92 Å². The molecule has 25 heavy (non-hydrogen) atoms. The van der Waals surface area contributed by atoms with E-state index in [1.54, 1.807) is 16.8 Å². The molecule has 1 aliphatic carbocycles. The molecular weight excluding hydrogens is 321 g/mol. The molecule has 2 unspecified atom stereocenters. The first-order chi connectivity index (χ1) is 12.1. The summed E-state index contributed by atoms with van der Waals surface area (Å²) >= 11 is 0. The number of benzene rings is 2. The Morgan fingerprint density at radius 3 is 2.72 bits per heavy atom. The van der Waals surface area contributed by atoms with Crippen molar-refractivity contribution in [3.63, 3.8) is 0 Å². The highest BCUT2D eigenvalue weighted by Gasteiger charge is 2.43. The van der Waals surface area contributed by atoms with Gasteiger partial charge in [0.1, 0.15) is 12.1 Å². The molecule has 0 radical (unpaired) electrons. The van der Waals surface area contributed by atoms with Crippen molar-refractivity contribution in [2.45, 2.75) is 19.3 Å². The number of amides is 1. The summed E-state index contributed by atoms with van der Waals surface area (Å²) in [5.74, 6) is -0.167. The van der Waals surface area contributed by atoms with Gasteiger partial charge in [0.25, 0.3) is 0 Å². The Bertz CT molecular complexity index is 908. The molecule has 0 aliphatic heterocycles. The van der Waals surface area contributed by atoms with Crippen LogP contribution in [-0.2, 0) is 4.79 Å². The van der Waals surface area contributed by atoms with Gasteiger partial charge in [0.2, 0.25) is 5.91 Å². The third-order valence-electron chi connectivity index (χ3n) is 4.49. The van der Waals surface area contributed by atoms with Crippen LogP contribution in [0.25, 0.3) is 5.69 Å². The SMILES string of the molecule is Cc1cc(NC(=O)C2CC2c2ccc(F)cc2)ccc1-n1cnnn1. The molecule has 1 aliphatic rings. The van der Waals surface area contributed by atoms with E-state index in [9.17, 15) is 9.18 Å². The maximum absolute atomic E-state index is 13.0. The van der Waals surface area contributed by atoms with Gasteiger partial charge in [0.15, 0.2) is 0 Å². The number of hydrogen-bond acceptors (Lipinski definition) is 4. The van der Waals surface area contributed by atoms with Gasteiger partial charge in [-0.1, -0.05) is 12.1 Å². The smallest absolute Gasteiger partial charge is 0.228 e. The van der Waals surface area contributed by atoms with E-state index in [-0.39, 0.29) is 23.6 Å². The summed E-state index contributed by atoms with van der Waals surface area (Å²) in [6, 6.07) is 12.0. The third kappa shape index (κ3) is 3.13. The van der Waals surface area contributed by atoms with E-state index in [1.807, 2.05) is 25.1 Å². The zero-order valence-electron chi connectivity index (χ0n) is 13.6. The average molecular weight is 337 g/mol. The number of hydrogen-bond donors (Lipinski definition) is 1. The van der Waals surface area contributed by atoms with Crippen LogP contribution < -0.4 is 5.32 Å². The minimum absolute atomic E-state index is 0.0103. The molecule has 0 saturated heterocycles. The molecule has 1 amide bonds. The Kier molecular flexibility index (Phi) is 3.76. The summed E-state index contributed by atoms with van der Waals surface area (Å²) in [7, 11) is 0. The van der Waals surface area contributed by atoms with Gasteiger partial charge in [0, 0.05) is 11.6 Å². The molecule has 6 nitrogen and oxygen atoms in total. The standard InChI is InChI=1S/C18H16FN5O/c1-11-8-14(6-7-17(11)24-10-20-22-23-24)21-18(25)16-9-15(16)12-2-4-13(19)5-3-12/h2-8,10,15-16H,9H2,1H3,(H,21,25). The number of anilines is 1. The lowest BCUT2D eigenvalue weighted by Gasteiger charge is -2.09. The molecule has 1 heterocycles. The number of rotatable bonds is 4. The summed E-state index contributed by atoms with van der Waals surface area (Å²) in [6.45, 7) is 1.94. The van der Waals surface area contributed by atoms with Gasteiger partial charge in [-0.05, 0) is 71.1 Å². The van der Waals surface area contributed by atoms with Crippen LogP contribution in [0.1, 0.15) is 23.5 Å². The number of nitrogens with one attached hydrogen (secondary N) is 1. The van der Waals surface area contributed by atoms with E-state index in [1.165, 1.54) is 18.5 Å². The van der Waals surface area contributed by atoms with Gasteiger partial charge in [-0.15, -0.1) is 5.10 Å². The van der Waals surface area contributed by atoms with Crippen LogP contribution in [0.5, 0.6) is 0 Å². The van der Waals surface area contributed by atoms with E-state index >= 15 is 0 Å². The monoisotopic (exact) mass is 337 g/mol. The predicted molar refractivity (Wildman–Crippen MR) is 89.8 cm³/mol. The molecule has 0 bridgehead atoms. The molecule has 1 aromatic heterocycles. The lowest BCUT2D eigenvalue weighted by Crippen LogP contribution is -2.15. The van der Waals surface area contributed by atoms with Crippen LogP contribution in [-0.4, -0.2) is 26.1 Å². The molecule has 1 saturated carbocycles. The molecule has 2 atom stereocenters. The average Bonchev–Trinajstić information content (AvgIpc) is 3.22. The van der Waals surface area contributed by atoms with Crippen LogP contribution >= 0.6 is 0 Å². The fraction of sp³-hybridized carbons (Fsp3) is 0.222. The second-order valence-electron chi connectivity index (χ2n) is 6.25. The van der Waals surface area contributed by atoms with Crippen molar-refractivity contribution < 1.29 is 9.18 Å². The van der Waals surface area contributed by atoms with Gasteiger partial charge in [-0.3, -0.25) is 4.79 Å². The van der Waals surface area contributed by atoms with E-state index < -0.39 is 0 Å². The minimum Gasteiger partial charge on any atom is -0.326 e. The highest BCUT2D eigenvalue weighted by atomic mass is 19.1. The quantitative estimate of drug-likeness (QED) is 0.794. The van der Waals surface area contributed by atoms with Gasteiger partial charge >= 0.3 is 0 Å². The fourth-order valence-electron chi connectivity index (χ4n) is 3.06. The zero-order chi connectivity index (χ0) is 17.4. The molecule has 7 heteroatoms. The summed E-state index contributed by atoms with van der Waals surface area (Å²) in [6.07, 6.45) is 2.32. The largest absolute Gasteiger partial charge is 0.326 e. The number of carbonyl (C=O) groups excluding carboxylic acids is 1. The molecule has 1 N–H and O–H groups in total. The highest BCUT2D eigenvalue weighted by molar-refractivity contribution is 5.95. The van der Waals surface area contributed by atoms with E-state index in [4.69, 9.17) is 0 Å². The maximum atomic E-state index is 13.0. The van der Waals surface area contributed by atoms with E-state index in [0.29, 0.717) is 0 Å². The lowest BCUT2D eigenvalue weighted by molar-refractivity contribution is -0.117. The van der Waals surface area contributed by atoms with Crippen molar-refractivity contribution in [1.29, 1.82) is 0 Å². The zero-order valence-corrected chi connectivity index (χ0v) is 13.6. The fourth-order valence-corrected chi connectivity index (χ4v) is 3.06. The third-order valence-corrected chi connectivity index (χ3v) is 4.49. The number of halogens is 1. The van der Waals surface area contributed by atoms with Crippen molar-refractivity contribution >= 4 is 11.6 Å². The van der Waals surface area contributed by atoms with Crippen LogP contribution in [0, 0.1) is 18.7 Å². The van der Waals surface area contributed by atoms with Crippen molar-refractivity contribution in [1.82, 2.24) is 20.2 Å². The van der Waals surface area contributed by atoms with Crippen molar-refractivity contribution in [2.75, 3.05) is 5.32 Å². The summed E-state index contributed by atoms with van der Waals surface area (Å²) < 4.78 is 14.6. The molecule has 4 rings (SSSR count). The number of aromatic nitrogens is 4. The van der Waals surface area contributed by atoms with Gasteiger partial charge in [0.05, 0.1) is 5.69 Å². The Balaban J connectivity index is 1.43. The Morgan fingerprint density at radius 1 is 1.24 bits per heavy atom. The number of carbonyl (C=O) groups is 1. The van der Waals surface area contributed by atoms with Gasteiger partial charge in [-0.2, -0.15) is 0 Å². The molecule has 0 spiro atoms. The van der Waals surface area contributed by atoms with Gasteiger partial charge < -0.3 is 5.32 Å². The molecular formula is C18H16FN5O. The van der Waals surface area contributed by atoms with Crippen molar-refractivity contribution in [3.05, 3.63) is 65.7 Å². The molecule has 3 aromatic rings. The number of aryl methyl sites for hydroxylation is 1. The Hall–Kier alpha value is -3.09. The maximum Gasteiger partial charge on any atom is 0.228 e. The van der Waals surface area contributed by atoms with Crippen LogP contribution in [0.4, 0.5) is 10.1 Å². The topological polar surface area (TPSA) is 72.7 Å². The van der Waals surface area contributed by atoms with Crippen LogP contribution in [0.15, 0.2) is 48.8 Å². The summed E-state index contributed by atoms with van der Waals surface area (Å²) in [4.78, 5) is 12.4. The van der Waals surface area contributed by atoms with E-state index in [0.717, 1.165) is 28.9 Å². The second kappa shape index (κ2) is 6.08. The Morgan fingerprint density at radius 2 is 2.04 bits per heavy atom. The summed E-state index contributed by atoms with van der Waals surface area (Å²) in [5, 5.41) is 14.1. The first-order valence-corrected chi connectivity index (χ1v) is 8.02. The minimum atomic E-state index is -0.261. The molecule has 2 aromatic carbocycles. The normalized spacial score (nSPS) is 18.8. The lowest BCUT2D eigenvalue weighted by atomic mass is 10.1. The second-order valence-corrected chi connectivity index (χ2v) is 6.25. The highest BCUT2D eigenvalue weighted by Crippen LogP contribution is 2.48. The molecule has 126 valence electrons. The first-order valence-electron chi connectivity index (χ1n) is 8.02. The Labute approximate surface area is 143 Å². The van der Waals surface area contributed by atoms with E-state index in [2.05, 4.69) is 20.8 Å². The number of tetrazole rings is 1. The van der Waals surface area contributed by atoms with Crippen LogP contribution in [0.2, 0.25) is 0 Å². The van der Waals surface area contributed by atoms with Crippen LogP contribution in [0.3, 0.4) is 0 Å².